The minimum atomic E-state index is -4.24. The van der Waals surface area contributed by atoms with Crippen LogP contribution in [0.1, 0.15) is 69.2 Å². The maximum Gasteiger partial charge on any atom is 0.301 e. The topological polar surface area (TPSA) is 300 Å². The number of rotatable bonds is 20. The van der Waals surface area contributed by atoms with Crippen molar-refractivity contribution in [1.29, 1.82) is 0 Å². The Bertz CT molecular complexity index is 2750. The standard InChI is InChI=1S/C44H52N8O14S/c1-5-44(61)28-19-31-39-27(20-52(31)43(60)40(28)66-21-32(44)53)25-7-6-8-26-29(9-10-30(47-39)37(25)26)48-41(58)24(4)46-42(59)38(23(2)3)49-34(55)22-65-18-17-64-16-14-45-67(62,63)50-33(54)13-15-51-35(56)11-12-36(51)57/h9-12,19,23-24,38,45,61H,5-8,13-18,20-22H2,1-4H3,(H,46,59)(H,48,58)(H,49,55)(H,50,54)/t24-,38-,44-/m0/s1. The zero-order chi connectivity index (χ0) is 48.4. The molecular formula is C44H52N8O14S. The van der Waals surface area contributed by atoms with E-state index in [1.807, 2.05) is 0 Å². The van der Waals surface area contributed by atoms with Crippen molar-refractivity contribution in [2.45, 2.75) is 84.0 Å². The number of carbonyl (C=O) groups excluding carboxylic acids is 7. The number of aryl methyl sites for hydroxylation is 2. The van der Waals surface area contributed by atoms with E-state index >= 15 is 0 Å². The Morgan fingerprint density at radius 2 is 1.64 bits per heavy atom. The smallest absolute Gasteiger partial charge is 0.301 e. The zero-order valence-electron chi connectivity index (χ0n) is 37.3. The fourth-order valence-electron chi connectivity index (χ4n) is 8.50. The van der Waals surface area contributed by atoms with Gasteiger partial charge in [-0.15, -0.1) is 0 Å². The molecule has 1 aromatic carbocycles. The molecule has 0 unspecified atom stereocenters. The van der Waals surface area contributed by atoms with Gasteiger partial charge in [0, 0.05) is 53.9 Å². The SMILES string of the molecule is CC[C@@]1(O)C(=O)COc2c1cc1n(c2=O)Cc2c-1nc1ccc(NC(=O)[C@H](C)NC(=O)[C@@H](NC(=O)COCCOCCNS(=O)(=O)NC(=O)CCN3C(=O)C=CC3=O)C(C)C)c3c1c2CCC3. The van der Waals surface area contributed by atoms with Crippen LogP contribution in [0.5, 0.6) is 5.75 Å². The van der Waals surface area contributed by atoms with Gasteiger partial charge in [-0.05, 0) is 67.9 Å². The lowest BCUT2D eigenvalue weighted by Gasteiger charge is -2.32. The molecule has 0 saturated carbocycles. The van der Waals surface area contributed by atoms with Crippen LogP contribution in [0.2, 0.25) is 0 Å². The van der Waals surface area contributed by atoms with Crippen LogP contribution in [0.4, 0.5) is 5.69 Å². The maximum absolute atomic E-state index is 13.7. The molecule has 5 heterocycles. The first-order valence-electron chi connectivity index (χ1n) is 21.9. The van der Waals surface area contributed by atoms with E-state index in [2.05, 4.69) is 20.7 Å². The molecule has 4 aliphatic rings. The fourth-order valence-corrected chi connectivity index (χ4v) is 9.32. The van der Waals surface area contributed by atoms with Crippen LogP contribution in [0.25, 0.3) is 22.3 Å². The summed E-state index contributed by atoms with van der Waals surface area (Å²) in [5.74, 6) is -4.73. The number of imide groups is 1. The van der Waals surface area contributed by atoms with Crippen molar-refractivity contribution < 1.29 is 61.3 Å². The molecule has 2 aromatic heterocycles. The van der Waals surface area contributed by atoms with Gasteiger partial charge >= 0.3 is 10.2 Å². The number of Topliss-reactive ketones (excluding diaryl/α,β-unsaturated/α-hetero) is 1. The average molecular weight is 949 g/mol. The first kappa shape index (κ1) is 48.5. The molecule has 0 saturated heterocycles. The van der Waals surface area contributed by atoms with Gasteiger partial charge in [0.1, 0.15) is 18.7 Å². The lowest BCUT2D eigenvalue weighted by Crippen LogP contribution is -2.54. The van der Waals surface area contributed by atoms with Crippen LogP contribution in [0.3, 0.4) is 0 Å². The van der Waals surface area contributed by atoms with Gasteiger partial charge in [-0.1, -0.05) is 20.8 Å². The second-order valence-electron chi connectivity index (χ2n) is 16.9. The molecule has 6 N–H and O–H groups in total. The number of carbonyl (C=O) groups is 7. The van der Waals surface area contributed by atoms with E-state index in [-0.39, 0.29) is 63.1 Å². The highest BCUT2D eigenvalue weighted by atomic mass is 32.2. The number of fused-ring (bicyclic) bond motifs is 5. The molecule has 7 rings (SSSR count). The molecule has 3 atom stereocenters. The van der Waals surface area contributed by atoms with E-state index in [9.17, 15) is 51.9 Å². The van der Waals surface area contributed by atoms with E-state index < -0.39 is 94.3 Å². The number of nitrogens with zero attached hydrogens (tertiary/aromatic N) is 3. The van der Waals surface area contributed by atoms with Gasteiger partial charge in [-0.2, -0.15) is 13.1 Å². The van der Waals surface area contributed by atoms with Gasteiger partial charge in [0.05, 0.1) is 43.3 Å². The van der Waals surface area contributed by atoms with Crippen molar-refractivity contribution in [2.24, 2.45) is 5.92 Å². The predicted octanol–water partition coefficient (Wildman–Crippen LogP) is -0.644. The monoisotopic (exact) mass is 948 g/mol. The summed E-state index contributed by atoms with van der Waals surface area (Å²) >= 11 is 0. The predicted molar refractivity (Wildman–Crippen MR) is 237 cm³/mol. The normalized spacial score (nSPS) is 18.0. The fraction of sp³-hybridized carbons (Fsp3) is 0.477. The van der Waals surface area contributed by atoms with Crippen LogP contribution in [-0.4, -0.2) is 127 Å². The first-order chi connectivity index (χ1) is 31.8. The minimum Gasteiger partial charge on any atom is -0.480 e. The Morgan fingerprint density at radius 3 is 2.36 bits per heavy atom. The second kappa shape index (κ2) is 19.8. The molecule has 0 spiro atoms. The Labute approximate surface area is 384 Å². The van der Waals surface area contributed by atoms with E-state index in [1.54, 1.807) is 48.3 Å². The lowest BCUT2D eigenvalue weighted by atomic mass is 9.84. The van der Waals surface area contributed by atoms with Crippen molar-refractivity contribution in [2.75, 3.05) is 51.4 Å². The average Bonchev–Trinajstić information content (AvgIpc) is 3.82. The highest BCUT2D eigenvalue weighted by Gasteiger charge is 2.45. The molecule has 358 valence electrons. The number of ether oxygens (including phenoxy) is 3. The number of aromatic nitrogens is 2. The summed E-state index contributed by atoms with van der Waals surface area (Å²) in [6.45, 7) is 5.39. The van der Waals surface area contributed by atoms with E-state index in [1.165, 1.54) is 6.92 Å². The molecule has 3 aliphatic heterocycles. The molecule has 0 fully saturated rings. The van der Waals surface area contributed by atoms with Crippen molar-refractivity contribution in [3.63, 3.8) is 0 Å². The van der Waals surface area contributed by atoms with Crippen molar-refractivity contribution >= 4 is 68.0 Å². The van der Waals surface area contributed by atoms with Crippen molar-refractivity contribution in [3.8, 4) is 17.1 Å². The molecule has 22 nitrogen and oxygen atoms in total. The molecule has 67 heavy (non-hydrogen) atoms. The third kappa shape index (κ3) is 10.1. The van der Waals surface area contributed by atoms with Gasteiger partial charge in [0.2, 0.25) is 29.4 Å². The Balaban J connectivity index is 0.874. The number of benzene rings is 1. The summed E-state index contributed by atoms with van der Waals surface area (Å²) in [5, 5.41) is 20.5. The summed E-state index contributed by atoms with van der Waals surface area (Å²) in [6, 6.07) is 3.14. The minimum absolute atomic E-state index is 0.0188. The molecule has 0 radical (unpaired) electrons. The van der Waals surface area contributed by atoms with E-state index in [0.717, 1.165) is 45.5 Å². The summed E-state index contributed by atoms with van der Waals surface area (Å²) in [6.07, 6.45) is 3.84. The number of hydrogen-bond donors (Lipinski definition) is 6. The van der Waals surface area contributed by atoms with Crippen molar-refractivity contribution in [3.05, 3.63) is 63.0 Å². The number of nitrogens with one attached hydrogen (secondary N) is 5. The Hall–Kier alpha value is -6.40. The first-order valence-corrected chi connectivity index (χ1v) is 23.4. The molecule has 0 bridgehead atoms. The molecule has 1 aliphatic carbocycles. The highest BCUT2D eigenvalue weighted by molar-refractivity contribution is 7.88. The van der Waals surface area contributed by atoms with Crippen molar-refractivity contribution in [1.82, 2.24) is 34.5 Å². The van der Waals surface area contributed by atoms with E-state index in [4.69, 9.17) is 19.2 Å². The Morgan fingerprint density at radius 1 is 0.925 bits per heavy atom. The quantitative estimate of drug-likeness (QED) is 0.0474. The van der Waals surface area contributed by atoms with Gasteiger partial charge in [0.15, 0.2) is 18.0 Å². The number of pyridine rings is 2. The Kier molecular flexibility index (Phi) is 14.4. The summed E-state index contributed by atoms with van der Waals surface area (Å²) in [7, 11) is -4.24. The zero-order valence-corrected chi connectivity index (χ0v) is 38.1. The van der Waals surface area contributed by atoms with Crippen LogP contribution in [-0.2, 0) is 78.2 Å². The van der Waals surface area contributed by atoms with E-state index in [0.29, 0.717) is 35.4 Å². The van der Waals surface area contributed by atoms with Crippen LogP contribution in [0, 0.1) is 5.92 Å². The summed E-state index contributed by atoms with van der Waals surface area (Å²) in [4.78, 5) is 107. The van der Waals surface area contributed by atoms with Gasteiger partial charge < -0.3 is 35.3 Å². The van der Waals surface area contributed by atoms with Gasteiger partial charge in [-0.25, -0.2) is 9.71 Å². The van der Waals surface area contributed by atoms with Crippen LogP contribution < -0.4 is 35.7 Å². The molecule has 6 amide bonds. The summed E-state index contributed by atoms with van der Waals surface area (Å²) < 4.78 is 45.9. The summed E-state index contributed by atoms with van der Waals surface area (Å²) in [5.41, 5.74) is 2.82. The molecular weight excluding hydrogens is 897 g/mol. The number of ketones is 1. The number of aliphatic hydroxyl groups is 1. The largest absolute Gasteiger partial charge is 0.480 e. The number of hydrogen-bond acceptors (Lipinski definition) is 15. The highest BCUT2D eigenvalue weighted by Crippen LogP contribution is 2.44. The number of anilines is 1. The molecule has 23 heteroatoms. The maximum atomic E-state index is 13.7. The van der Waals surface area contributed by atoms with Crippen LogP contribution in [0.15, 0.2) is 35.1 Å². The third-order valence-electron chi connectivity index (χ3n) is 12.0. The lowest BCUT2D eigenvalue weighted by molar-refractivity contribution is -0.143. The van der Waals surface area contributed by atoms with Gasteiger partial charge in [0.25, 0.3) is 17.4 Å². The van der Waals surface area contributed by atoms with Crippen LogP contribution >= 0.6 is 0 Å². The molecule has 3 aromatic rings. The second-order valence-corrected chi connectivity index (χ2v) is 18.4. The third-order valence-corrected chi connectivity index (χ3v) is 13.1. The van der Waals surface area contributed by atoms with Gasteiger partial charge in [-0.3, -0.25) is 47.8 Å². The number of amides is 6.